The van der Waals surface area contributed by atoms with Crippen LogP contribution >= 0.6 is 22.9 Å². The second kappa shape index (κ2) is 7.65. The highest BCUT2D eigenvalue weighted by atomic mass is 35.5. The molecule has 0 saturated heterocycles. The standard InChI is InChI=1S/C23H20ClFN2OS/c1-13-18-11-16(24)5-8-21(18)29-22(13)20-12-19(23(26)28)14(2)27(20)10-9-15-3-6-17(25)7-4-15/h3-8,11-12H,9-10H2,1-2H3,(H2,26,28). The van der Waals surface area contributed by atoms with Crippen LogP contribution in [0.3, 0.4) is 0 Å². The zero-order valence-electron chi connectivity index (χ0n) is 16.1. The Morgan fingerprint density at radius 3 is 2.55 bits per heavy atom. The summed E-state index contributed by atoms with van der Waals surface area (Å²) in [5.41, 5.74) is 10.1. The summed E-state index contributed by atoms with van der Waals surface area (Å²) in [5.74, 6) is -0.687. The molecule has 1 amide bonds. The molecule has 2 heterocycles. The summed E-state index contributed by atoms with van der Waals surface area (Å²) in [4.78, 5) is 13.1. The molecule has 2 N–H and O–H groups in total. The van der Waals surface area contributed by atoms with Crippen LogP contribution in [-0.2, 0) is 13.0 Å². The van der Waals surface area contributed by atoms with E-state index in [2.05, 4.69) is 11.5 Å². The van der Waals surface area contributed by atoms with E-state index in [4.69, 9.17) is 17.3 Å². The van der Waals surface area contributed by atoms with Crippen molar-refractivity contribution in [2.24, 2.45) is 5.73 Å². The molecule has 2 aromatic carbocycles. The average Bonchev–Trinajstić information content (AvgIpc) is 3.18. The number of hydrogen-bond acceptors (Lipinski definition) is 2. The topological polar surface area (TPSA) is 48.0 Å². The van der Waals surface area contributed by atoms with Gasteiger partial charge in [0.1, 0.15) is 5.82 Å². The van der Waals surface area contributed by atoms with E-state index in [1.54, 1.807) is 23.5 Å². The SMILES string of the molecule is Cc1c(-c2cc(C(N)=O)c(C)n2CCc2ccc(F)cc2)sc2ccc(Cl)cc12. The molecular formula is C23H20ClFN2OS. The Kier molecular flexibility index (Phi) is 5.19. The minimum Gasteiger partial charge on any atom is -0.366 e. The van der Waals surface area contributed by atoms with Crippen molar-refractivity contribution < 1.29 is 9.18 Å². The van der Waals surface area contributed by atoms with Crippen molar-refractivity contribution >= 4 is 38.9 Å². The minimum atomic E-state index is -0.439. The number of nitrogens with two attached hydrogens (primary N) is 1. The lowest BCUT2D eigenvalue weighted by Gasteiger charge is -2.12. The number of carbonyl (C=O) groups is 1. The molecule has 0 aliphatic heterocycles. The summed E-state index contributed by atoms with van der Waals surface area (Å²) < 4.78 is 16.5. The lowest BCUT2D eigenvalue weighted by Crippen LogP contribution is -2.13. The largest absolute Gasteiger partial charge is 0.366 e. The molecule has 0 atom stereocenters. The smallest absolute Gasteiger partial charge is 0.250 e. The van der Waals surface area contributed by atoms with Gasteiger partial charge in [0.2, 0.25) is 0 Å². The van der Waals surface area contributed by atoms with Crippen molar-refractivity contribution in [2.75, 3.05) is 0 Å². The molecule has 4 aromatic rings. The molecule has 0 unspecified atom stereocenters. The van der Waals surface area contributed by atoms with Crippen LogP contribution in [0.1, 0.15) is 27.2 Å². The van der Waals surface area contributed by atoms with Gasteiger partial charge in [0, 0.05) is 22.0 Å². The van der Waals surface area contributed by atoms with E-state index in [0.717, 1.165) is 43.9 Å². The number of amides is 1. The van der Waals surface area contributed by atoms with Crippen molar-refractivity contribution in [1.29, 1.82) is 0 Å². The molecular weight excluding hydrogens is 407 g/mol. The van der Waals surface area contributed by atoms with Crippen LogP contribution < -0.4 is 5.73 Å². The van der Waals surface area contributed by atoms with Crippen LogP contribution in [0.5, 0.6) is 0 Å². The third-order valence-corrected chi connectivity index (χ3v) is 6.83. The Balaban J connectivity index is 1.80. The molecule has 0 fully saturated rings. The Bertz CT molecular complexity index is 1220. The molecule has 3 nitrogen and oxygen atoms in total. The number of rotatable bonds is 5. The predicted molar refractivity (Wildman–Crippen MR) is 118 cm³/mol. The van der Waals surface area contributed by atoms with Crippen LogP contribution in [0.2, 0.25) is 5.02 Å². The highest BCUT2D eigenvalue weighted by molar-refractivity contribution is 7.22. The first-order valence-electron chi connectivity index (χ1n) is 9.28. The number of halogens is 2. The molecule has 0 spiro atoms. The zero-order valence-corrected chi connectivity index (χ0v) is 17.7. The van der Waals surface area contributed by atoms with E-state index in [-0.39, 0.29) is 5.82 Å². The van der Waals surface area contributed by atoms with Gasteiger partial charge in [0.05, 0.1) is 16.1 Å². The van der Waals surface area contributed by atoms with Gasteiger partial charge in [-0.2, -0.15) is 0 Å². The maximum absolute atomic E-state index is 13.2. The number of hydrogen-bond donors (Lipinski definition) is 1. The monoisotopic (exact) mass is 426 g/mol. The Labute approximate surface area is 177 Å². The fourth-order valence-electron chi connectivity index (χ4n) is 3.70. The lowest BCUT2D eigenvalue weighted by atomic mass is 10.1. The van der Waals surface area contributed by atoms with Crippen LogP contribution in [0, 0.1) is 19.7 Å². The van der Waals surface area contributed by atoms with Gasteiger partial charge < -0.3 is 10.3 Å². The molecule has 0 aliphatic carbocycles. The maximum atomic E-state index is 13.2. The van der Waals surface area contributed by atoms with Crippen LogP contribution in [0.25, 0.3) is 20.7 Å². The van der Waals surface area contributed by atoms with Crippen LogP contribution in [0.15, 0.2) is 48.5 Å². The first kappa shape index (κ1) is 19.7. The predicted octanol–water partition coefficient (Wildman–Crippen LogP) is 6.12. The van der Waals surface area contributed by atoms with Crippen LogP contribution in [0.4, 0.5) is 4.39 Å². The van der Waals surface area contributed by atoms with E-state index >= 15 is 0 Å². The zero-order chi connectivity index (χ0) is 20.7. The lowest BCUT2D eigenvalue weighted by molar-refractivity contribution is 0.0999. The second-order valence-corrected chi connectivity index (χ2v) is 8.61. The Morgan fingerprint density at radius 2 is 1.86 bits per heavy atom. The molecule has 29 heavy (non-hydrogen) atoms. The number of carbonyl (C=O) groups excluding carboxylic acids is 1. The van der Waals surface area contributed by atoms with E-state index in [9.17, 15) is 9.18 Å². The van der Waals surface area contributed by atoms with Gasteiger partial charge in [0.15, 0.2) is 0 Å². The minimum absolute atomic E-state index is 0.248. The molecule has 6 heteroatoms. The number of aromatic nitrogens is 1. The number of benzene rings is 2. The normalized spacial score (nSPS) is 11.3. The highest BCUT2D eigenvalue weighted by Gasteiger charge is 2.20. The number of primary amides is 1. The molecule has 0 saturated carbocycles. The van der Waals surface area contributed by atoms with Gasteiger partial charge in [-0.05, 0) is 73.2 Å². The highest BCUT2D eigenvalue weighted by Crippen LogP contribution is 2.40. The number of fused-ring (bicyclic) bond motifs is 1. The van der Waals surface area contributed by atoms with E-state index in [0.29, 0.717) is 17.1 Å². The number of aryl methyl sites for hydroxylation is 2. The van der Waals surface area contributed by atoms with Crippen molar-refractivity contribution in [3.63, 3.8) is 0 Å². The van der Waals surface area contributed by atoms with Gasteiger partial charge in [-0.25, -0.2) is 4.39 Å². The van der Waals surface area contributed by atoms with Crippen molar-refractivity contribution in [1.82, 2.24) is 4.57 Å². The van der Waals surface area contributed by atoms with Gasteiger partial charge in [-0.3, -0.25) is 4.79 Å². The maximum Gasteiger partial charge on any atom is 0.250 e. The van der Waals surface area contributed by atoms with E-state index in [1.807, 2.05) is 31.2 Å². The van der Waals surface area contributed by atoms with Gasteiger partial charge in [-0.1, -0.05) is 23.7 Å². The van der Waals surface area contributed by atoms with E-state index in [1.165, 1.54) is 12.1 Å². The molecule has 0 radical (unpaired) electrons. The van der Waals surface area contributed by atoms with Gasteiger partial charge in [-0.15, -0.1) is 11.3 Å². The third-order valence-electron chi connectivity index (χ3n) is 5.30. The molecule has 148 valence electrons. The van der Waals surface area contributed by atoms with Crippen LogP contribution in [-0.4, -0.2) is 10.5 Å². The average molecular weight is 427 g/mol. The fourth-order valence-corrected chi connectivity index (χ4v) is 5.09. The fraction of sp³-hybridized carbons (Fsp3) is 0.174. The van der Waals surface area contributed by atoms with Crippen molar-refractivity contribution in [3.05, 3.63) is 81.8 Å². The quantitative estimate of drug-likeness (QED) is 0.410. The first-order chi connectivity index (χ1) is 13.8. The summed E-state index contributed by atoms with van der Waals surface area (Å²) in [5, 5.41) is 1.81. The molecule has 2 aromatic heterocycles. The summed E-state index contributed by atoms with van der Waals surface area (Å²) in [6.45, 7) is 4.64. The Morgan fingerprint density at radius 1 is 1.14 bits per heavy atom. The summed E-state index contributed by atoms with van der Waals surface area (Å²) in [6.07, 6.45) is 0.719. The molecule has 0 bridgehead atoms. The summed E-state index contributed by atoms with van der Waals surface area (Å²) >= 11 is 7.86. The summed E-state index contributed by atoms with van der Waals surface area (Å²) in [7, 11) is 0. The van der Waals surface area contributed by atoms with E-state index < -0.39 is 5.91 Å². The van der Waals surface area contributed by atoms with Crippen molar-refractivity contribution in [3.8, 4) is 10.6 Å². The third kappa shape index (κ3) is 3.68. The number of nitrogens with zero attached hydrogens (tertiary/aromatic N) is 1. The molecule has 0 aliphatic rings. The van der Waals surface area contributed by atoms with Gasteiger partial charge in [0.25, 0.3) is 5.91 Å². The Hall–Kier alpha value is -2.63. The molecule has 4 rings (SSSR count). The van der Waals surface area contributed by atoms with Crippen molar-refractivity contribution in [2.45, 2.75) is 26.8 Å². The summed E-state index contributed by atoms with van der Waals surface area (Å²) in [6, 6.07) is 14.3. The first-order valence-corrected chi connectivity index (χ1v) is 10.5. The van der Waals surface area contributed by atoms with Gasteiger partial charge >= 0.3 is 0 Å². The second-order valence-electron chi connectivity index (χ2n) is 7.12. The number of thiophene rings is 1.